The number of carbonyl (C=O) groups is 1. The minimum atomic E-state index is -1.06. The molecule has 0 aliphatic carbocycles. The van der Waals surface area contributed by atoms with Crippen molar-refractivity contribution >= 4 is 17.6 Å². The van der Waals surface area contributed by atoms with Crippen molar-refractivity contribution in [2.45, 2.75) is 19.3 Å². The zero-order valence-electron chi connectivity index (χ0n) is 8.89. The van der Waals surface area contributed by atoms with E-state index in [1.54, 1.807) is 0 Å². The fraction of sp³-hybridized carbons (Fsp3) is 0.500. The number of aromatic carboxylic acids is 1. The Bertz CT molecular complexity index is 402. The van der Waals surface area contributed by atoms with Gasteiger partial charge >= 0.3 is 5.97 Å². The highest BCUT2D eigenvalue weighted by molar-refractivity contribution is 5.93. The Morgan fingerprint density at radius 3 is 2.62 bits per heavy atom. The lowest BCUT2D eigenvalue weighted by atomic mass is 10.1. The van der Waals surface area contributed by atoms with Crippen LogP contribution in [-0.2, 0) is 0 Å². The maximum Gasteiger partial charge on any atom is 0.339 e. The number of piperidine rings is 1. The summed E-state index contributed by atoms with van der Waals surface area (Å²) in [5.74, 6) is -0.495. The van der Waals surface area contributed by atoms with E-state index in [0.29, 0.717) is 5.82 Å². The monoisotopic (exact) mass is 222 g/mol. The lowest BCUT2D eigenvalue weighted by Gasteiger charge is -2.27. The molecule has 0 spiro atoms. The highest BCUT2D eigenvalue weighted by Crippen LogP contribution is 2.19. The summed E-state index contributed by atoms with van der Waals surface area (Å²) < 4.78 is 0. The van der Waals surface area contributed by atoms with Gasteiger partial charge in [-0.25, -0.2) is 4.79 Å². The number of nitrogens with zero attached hydrogens (tertiary/aromatic N) is 3. The van der Waals surface area contributed by atoms with Gasteiger partial charge in [0.25, 0.3) is 0 Å². The van der Waals surface area contributed by atoms with Crippen molar-refractivity contribution < 1.29 is 9.90 Å². The molecule has 1 fully saturated rings. The van der Waals surface area contributed by atoms with Crippen LogP contribution < -0.4 is 10.6 Å². The number of hydrogen-bond donors (Lipinski definition) is 2. The van der Waals surface area contributed by atoms with Gasteiger partial charge in [-0.05, 0) is 19.3 Å². The van der Waals surface area contributed by atoms with Crippen molar-refractivity contribution in [3.63, 3.8) is 0 Å². The molecule has 2 rings (SSSR count). The number of nitrogens with two attached hydrogens (primary N) is 1. The average Bonchev–Trinajstić information content (AvgIpc) is 2.30. The number of aromatic nitrogens is 2. The molecule has 0 bridgehead atoms. The number of nitrogen functional groups attached to an aromatic ring is 1. The third-order valence-electron chi connectivity index (χ3n) is 2.72. The smallest absolute Gasteiger partial charge is 0.339 e. The van der Waals surface area contributed by atoms with Crippen molar-refractivity contribution in [3.05, 3.63) is 11.6 Å². The van der Waals surface area contributed by atoms with Crippen molar-refractivity contribution in [3.8, 4) is 0 Å². The van der Waals surface area contributed by atoms with Crippen LogP contribution in [0.2, 0.25) is 0 Å². The van der Waals surface area contributed by atoms with Crippen LogP contribution in [0.3, 0.4) is 0 Å². The summed E-state index contributed by atoms with van der Waals surface area (Å²) in [6.45, 7) is 1.80. The second kappa shape index (κ2) is 4.34. The highest BCUT2D eigenvalue weighted by Gasteiger charge is 2.16. The van der Waals surface area contributed by atoms with E-state index >= 15 is 0 Å². The van der Waals surface area contributed by atoms with E-state index in [1.807, 2.05) is 4.90 Å². The minimum Gasteiger partial charge on any atom is -0.478 e. The lowest BCUT2D eigenvalue weighted by Crippen LogP contribution is -2.30. The molecular weight excluding hydrogens is 208 g/mol. The van der Waals surface area contributed by atoms with Crippen LogP contribution in [0.1, 0.15) is 29.6 Å². The third kappa shape index (κ3) is 2.05. The van der Waals surface area contributed by atoms with Crippen molar-refractivity contribution in [1.82, 2.24) is 10.2 Å². The molecule has 0 saturated carbocycles. The van der Waals surface area contributed by atoms with Gasteiger partial charge in [0.2, 0.25) is 0 Å². The molecule has 0 aromatic carbocycles. The summed E-state index contributed by atoms with van der Waals surface area (Å²) in [5.41, 5.74) is 5.47. The molecule has 16 heavy (non-hydrogen) atoms. The van der Waals surface area contributed by atoms with Crippen LogP contribution in [0, 0.1) is 0 Å². The molecule has 1 aliphatic heterocycles. The Labute approximate surface area is 93.1 Å². The second-order valence-corrected chi connectivity index (χ2v) is 3.85. The highest BCUT2D eigenvalue weighted by atomic mass is 16.4. The van der Waals surface area contributed by atoms with E-state index in [0.717, 1.165) is 25.9 Å². The molecule has 2 heterocycles. The first-order chi connectivity index (χ1) is 7.68. The minimum absolute atomic E-state index is 0.0237. The molecule has 86 valence electrons. The molecule has 0 radical (unpaired) electrons. The van der Waals surface area contributed by atoms with Gasteiger partial charge in [0.15, 0.2) is 11.6 Å². The number of carboxylic acids is 1. The largest absolute Gasteiger partial charge is 0.478 e. The Morgan fingerprint density at radius 1 is 1.31 bits per heavy atom. The fourth-order valence-electron chi connectivity index (χ4n) is 1.84. The first kappa shape index (κ1) is 10.7. The maximum atomic E-state index is 10.9. The van der Waals surface area contributed by atoms with Crippen molar-refractivity contribution in [1.29, 1.82) is 0 Å². The van der Waals surface area contributed by atoms with Crippen molar-refractivity contribution in [2.24, 2.45) is 0 Å². The molecule has 0 amide bonds. The number of rotatable bonds is 2. The Hall–Kier alpha value is -1.85. The van der Waals surface area contributed by atoms with Crippen LogP contribution >= 0.6 is 0 Å². The van der Waals surface area contributed by atoms with E-state index in [-0.39, 0.29) is 11.4 Å². The predicted molar refractivity (Wildman–Crippen MR) is 59.5 cm³/mol. The zero-order valence-corrected chi connectivity index (χ0v) is 8.89. The van der Waals surface area contributed by atoms with Gasteiger partial charge in [-0.3, -0.25) is 0 Å². The molecule has 1 aromatic rings. The van der Waals surface area contributed by atoms with E-state index in [9.17, 15) is 4.79 Å². The summed E-state index contributed by atoms with van der Waals surface area (Å²) in [5, 5.41) is 16.5. The predicted octanol–water partition coefficient (Wildman–Crippen LogP) is 0.747. The molecule has 3 N–H and O–H groups in total. The van der Waals surface area contributed by atoms with Gasteiger partial charge in [0.1, 0.15) is 5.56 Å². The van der Waals surface area contributed by atoms with Crippen LogP contribution in [0.15, 0.2) is 6.07 Å². The van der Waals surface area contributed by atoms with Crippen LogP contribution in [0.5, 0.6) is 0 Å². The average molecular weight is 222 g/mol. The number of hydrogen-bond acceptors (Lipinski definition) is 5. The van der Waals surface area contributed by atoms with Crippen molar-refractivity contribution in [2.75, 3.05) is 23.7 Å². The van der Waals surface area contributed by atoms with Gasteiger partial charge in [-0.15, -0.1) is 10.2 Å². The molecule has 1 saturated heterocycles. The molecule has 0 unspecified atom stereocenters. The van der Waals surface area contributed by atoms with E-state index in [2.05, 4.69) is 10.2 Å². The van der Waals surface area contributed by atoms with Crippen LogP contribution in [0.4, 0.5) is 11.6 Å². The zero-order chi connectivity index (χ0) is 11.5. The number of carboxylic acid groups (broad SMARTS) is 1. The van der Waals surface area contributed by atoms with E-state index < -0.39 is 5.97 Å². The summed E-state index contributed by atoms with van der Waals surface area (Å²) in [6.07, 6.45) is 3.42. The Kier molecular flexibility index (Phi) is 2.89. The third-order valence-corrected chi connectivity index (χ3v) is 2.72. The quantitative estimate of drug-likeness (QED) is 0.767. The van der Waals surface area contributed by atoms with Gasteiger partial charge in [0, 0.05) is 19.2 Å². The molecular formula is C10H14N4O2. The van der Waals surface area contributed by atoms with E-state index in [1.165, 1.54) is 12.5 Å². The molecule has 6 nitrogen and oxygen atoms in total. The first-order valence-electron chi connectivity index (χ1n) is 5.30. The standard InChI is InChI=1S/C10H14N4O2/c11-9-7(10(15)16)6-8(12-13-9)14-4-2-1-3-5-14/h6H,1-5H2,(H2,11,13)(H,15,16). The molecule has 1 aromatic heterocycles. The topological polar surface area (TPSA) is 92.3 Å². The molecule has 6 heteroatoms. The number of anilines is 2. The fourth-order valence-corrected chi connectivity index (χ4v) is 1.84. The molecule has 1 aliphatic rings. The summed E-state index contributed by atoms with van der Waals surface area (Å²) >= 11 is 0. The Balaban J connectivity index is 2.27. The SMILES string of the molecule is Nc1nnc(N2CCCCC2)cc1C(=O)O. The first-order valence-corrected chi connectivity index (χ1v) is 5.30. The van der Waals surface area contributed by atoms with E-state index in [4.69, 9.17) is 10.8 Å². The second-order valence-electron chi connectivity index (χ2n) is 3.85. The maximum absolute atomic E-state index is 10.9. The van der Waals surface area contributed by atoms with Gasteiger partial charge < -0.3 is 15.7 Å². The van der Waals surface area contributed by atoms with Crippen LogP contribution in [0.25, 0.3) is 0 Å². The van der Waals surface area contributed by atoms with Crippen LogP contribution in [-0.4, -0.2) is 34.4 Å². The van der Waals surface area contributed by atoms with Gasteiger partial charge in [0.05, 0.1) is 0 Å². The summed E-state index contributed by atoms with van der Waals surface area (Å²) in [6, 6.07) is 1.50. The Morgan fingerprint density at radius 2 is 2.00 bits per heavy atom. The normalized spacial score (nSPS) is 16.1. The molecule has 0 atom stereocenters. The van der Waals surface area contributed by atoms with Gasteiger partial charge in [-0.2, -0.15) is 0 Å². The lowest BCUT2D eigenvalue weighted by molar-refractivity contribution is 0.0697. The van der Waals surface area contributed by atoms with Gasteiger partial charge in [-0.1, -0.05) is 0 Å². The summed E-state index contributed by atoms with van der Waals surface area (Å²) in [4.78, 5) is 12.9. The summed E-state index contributed by atoms with van der Waals surface area (Å²) in [7, 11) is 0.